The van der Waals surface area contributed by atoms with Crippen molar-refractivity contribution in [2.75, 3.05) is 44.4 Å². The molecule has 0 bridgehead atoms. The smallest absolute Gasteiger partial charge is 0.337 e. The predicted octanol–water partition coefficient (Wildman–Crippen LogP) is 1.74. The van der Waals surface area contributed by atoms with Crippen molar-refractivity contribution in [3.8, 4) is 0 Å². The van der Waals surface area contributed by atoms with Gasteiger partial charge in [0, 0.05) is 31.0 Å². The SMILES string of the molecule is CCCN(CCN(C)C)c1ccc(C(=O)O)c(N)c1. The molecule has 0 fully saturated rings. The Morgan fingerprint density at radius 2 is 1.95 bits per heavy atom. The van der Waals surface area contributed by atoms with E-state index >= 15 is 0 Å². The zero-order valence-corrected chi connectivity index (χ0v) is 11.9. The molecule has 0 radical (unpaired) electrons. The van der Waals surface area contributed by atoms with Gasteiger partial charge in [0.1, 0.15) is 0 Å². The fraction of sp³-hybridized carbons (Fsp3) is 0.500. The molecule has 0 aliphatic carbocycles. The molecule has 5 nitrogen and oxygen atoms in total. The number of aromatic carboxylic acids is 1. The fourth-order valence-corrected chi connectivity index (χ4v) is 1.90. The minimum absolute atomic E-state index is 0.160. The maximum Gasteiger partial charge on any atom is 0.337 e. The third kappa shape index (κ3) is 4.44. The van der Waals surface area contributed by atoms with Crippen LogP contribution in [-0.2, 0) is 0 Å². The third-order valence-electron chi connectivity index (χ3n) is 2.94. The number of carboxylic acids is 1. The lowest BCUT2D eigenvalue weighted by atomic mass is 10.1. The van der Waals surface area contributed by atoms with Crippen LogP contribution in [0.15, 0.2) is 18.2 Å². The largest absolute Gasteiger partial charge is 0.478 e. The number of carboxylic acid groups (broad SMARTS) is 1. The molecule has 0 aliphatic heterocycles. The van der Waals surface area contributed by atoms with Crippen molar-refractivity contribution in [1.29, 1.82) is 0 Å². The highest BCUT2D eigenvalue weighted by molar-refractivity contribution is 5.94. The molecule has 19 heavy (non-hydrogen) atoms. The number of anilines is 2. The summed E-state index contributed by atoms with van der Waals surface area (Å²) < 4.78 is 0. The van der Waals surface area contributed by atoms with E-state index in [4.69, 9.17) is 10.8 Å². The first-order chi connectivity index (χ1) is 8.95. The zero-order valence-electron chi connectivity index (χ0n) is 11.9. The van der Waals surface area contributed by atoms with E-state index in [2.05, 4.69) is 16.7 Å². The van der Waals surface area contributed by atoms with Gasteiger partial charge in [-0.2, -0.15) is 0 Å². The van der Waals surface area contributed by atoms with Crippen LogP contribution in [0, 0.1) is 0 Å². The zero-order chi connectivity index (χ0) is 14.4. The number of hydrogen-bond acceptors (Lipinski definition) is 4. The molecule has 0 amide bonds. The van der Waals surface area contributed by atoms with Gasteiger partial charge in [-0.1, -0.05) is 6.92 Å². The van der Waals surface area contributed by atoms with Gasteiger partial charge in [-0.05, 0) is 38.7 Å². The van der Waals surface area contributed by atoms with Crippen LogP contribution >= 0.6 is 0 Å². The normalized spacial score (nSPS) is 10.7. The predicted molar refractivity (Wildman–Crippen MR) is 78.9 cm³/mol. The van der Waals surface area contributed by atoms with E-state index in [1.807, 2.05) is 20.2 Å². The Hall–Kier alpha value is -1.75. The highest BCUT2D eigenvalue weighted by Gasteiger charge is 2.11. The molecule has 0 saturated heterocycles. The minimum atomic E-state index is -0.987. The monoisotopic (exact) mass is 265 g/mol. The van der Waals surface area contributed by atoms with Gasteiger partial charge in [0.05, 0.1) is 5.56 Å². The molecular weight excluding hydrogens is 242 g/mol. The first-order valence-electron chi connectivity index (χ1n) is 6.48. The van der Waals surface area contributed by atoms with Crippen molar-refractivity contribution in [3.63, 3.8) is 0 Å². The van der Waals surface area contributed by atoms with E-state index < -0.39 is 5.97 Å². The van der Waals surface area contributed by atoms with Gasteiger partial charge in [0.15, 0.2) is 0 Å². The molecule has 0 aromatic heterocycles. The summed E-state index contributed by atoms with van der Waals surface area (Å²) in [5.74, 6) is -0.987. The highest BCUT2D eigenvalue weighted by Crippen LogP contribution is 2.21. The van der Waals surface area contributed by atoms with Crippen LogP contribution in [0.25, 0.3) is 0 Å². The second-order valence-electron chi connectivity index (χ2n) is 4.87. The molecule has 1 aromatic rings. The van der Waals surface area contributed by atoms with E-state index in [0.29, 0.717) is 5.69 Å². The third-order valence-corrected chi connectivity index (χ3v) is 2.94. The van der Waals surface area contributed by atoms with E-state index in [1.165, 1.54) is 0 Å². The summed E-state index contributed by atoms with van der Waals surface area (Å²) in [5.41, 5.74) is 7.25. The summed E-state index contributed by atoms with van der Waals surface area (Å²) in [6.07, 6.45) is 1.04. The number of benzene rings is 1. The van der Waals surface area contributed by atoms with Gasteiger partial charge < -0.3 is 20.6 Å². The number of hydrogen-bond donors (Lipinski definition) is 2. The van der Waals surface area contributed by atoms with Crippen LogP contribution < -0.4 is 10.6 Å². The van der Waals surface area contributed by atoms with Crippen molar-refractivity contribution in [3.05, 3.63) is 23.8 Å². The quantitative estimate of drug-likeness (QED) is 0.735. The van der Waals surface area contributed by atoms with Crippen molar-refractivity contribution in [1.82, 2.24) is 4.90 Å². The van der Waals surface area contributed by atoms with Crippen molar-refractivity contribution >= 4 is 17.3 Å². The topological polar surface area (TPSA) is 69.8 Å². The van der Waals surface area contributed by atoms with Crippen molar-refractivity contribution < 1.29 is 9.90 Å². The molecule has 0 unspecified atom stereocenters. The van der Waals surface area contributed by atoms with Crippen LogP contribution in [0.3, 0.4) is 0 Å². The summed E-state index contributed by atoms with van der Waals surface area (Å²) in [7, 11) is 4.07. The van der Waals surface area contributed by atoms with Crippen LogP contribution in [0.1, 0.15) is 23.7 Å². The van der Waals surface area contributed by atoms with Crippen LogP contribution in [0.5, 0.6) is 0 Å². The molecule has 1 aromatic carbocycles. The number of nitrogen functional groups attached to an aromatic ring is 1. The number of likely N-dealkylation sites (N-methyl/N-ethyl adjacent to an activating group) is 1. The molecule has 106 valence electrons. The molecule has 1 rings (SSSR count). The van der Waals surface area contributed by atoms with Crippen LogP contribution in [0.2, 0.25) is 0 Å². The summed E-state index contributed by atoms with van der Waals surface area (Å²) in [5, 5.41) is 8.97. The van der Waals surface area contributed by atoms with Crippen LogP contribution in [-0.4, -0.2) is 49.7 Å². The Kier molecular flexibility index (Phi) is 5.63. The van der Waals surface area contributed by atoms with Gasteiger partial charge in [-0.25, -0.2) is 4.79 Å². The average Bonchev–Trinajstić information content (AvgIpc) is 2.33. The molecule has 0 atom stereocenters. The van der Waals surface area contributed by atoms with Gasteiger partial charge >= 0.3 is 5.97 Å². The molecular formula is C14H23N3O2. The lowest BCUT2D eigenvalue weighted by Gasteiger charge is -2.26. The standard InChI is InChI=1S/C14H23N3O2/c1-4-7-17(9-8-16(2)3)11-5-6-12(14(18)19)13(15)10-11/h5-6,10H,4,7-9,15H2,1-3H3,(H,18,19). The molecule has 5 heteroatoms. The lowest BCUT2D eigenvalue weighted by molar-refractivity contribution is 0.0698. The number of nitrogens with zero attached hydrogens (tertiary/aromatic N) is 2. The summed E-state index contributed by atoms with van der Waals surface area (Å²) >= 11 is 0. The summed E-state index contributed by atoms with van der Waals surface area (Å²) in [6.45, 7) is 4.89. The molecule has 0 heterocycles. The first kappa shape index (κ1) is 15.3. The second kappa shape index (κ2) is 6.99. The highest BCUT2D eigenvalue weighted by atomic mass is 16.4. The maximum absolute atomic E-state index is 10.9. The van der Waals surface area contributed by atoms with Gasteiger partial charge in [-0.15, -0.1) is 0 Å². The molecule has 0 saturated carbocycles. The Bertz CT molecular complexity index is 433. The number of nitrogens with two attached hydrogens (primary N) is 1. The Morgan fingerprint density at radius 1 is 1.26 bits per heavy atom. The van der Waals surface area contributed by atoms with Crippen molar-refractivity contribution in [2.24, 2.45) is 0 Å². The van der Waals surface area contributed by atoms with Crippen molar-refractivity contribution in [2.45, 2.75) is 13.3 Å². The lowest BCUT2D eigenvalue weighted by Crippen LogP contribution is -2.32. The van der Waals surface area contributed by atoms with E-state index in [-0.39, 0.29) is 5.56 Å². The average molecular weight is 265 g/mol. The maximum atomic E-state index is 10.9. The summed E-state index contributed by atoms with van der Waals surface area (Å²) in [4.78, 5) is 15.3. The Balaban J connectivity index is 2.90. The van der Waals surface area contributed by atoms with Gasteiger partial charge in [-0.3, -0.25) is 0 Å². The van der Waals surface area contributed by atoms with E-state index in [0.717, 1.165) is 31.7 Å². The second-order valence-corrected chi connectivity index (χ2v) is 4.87. The molecule has 0 aliphatic rings. The fourth-order valence-electron chi connectivity index (χ4n) is 1.90. The van der Waals surface area contributed by atoms with E-state index in [9.17, 15) is 4.79 Å². The van der Waals surface area contributed by atoms with Gasteiger partial charge in [0.25, 0.3) is 0 Å². The Labute approximate surface area is 114 Å². The minimum Gasteiger partial charge on any atom is -0.478 e. The van der Waals surface area contributed by atoms with Crippen LogP contribution in [0.4, 0.5) is 11.4 Å². The Morgan fingerprint density at radius 3 is 2.42 bits per heavy atom. The molecule has 0 spiro atoms. The van der Waals surface area contributed by atoms with E-state index in [1.54, 1.807) is 12.1 Å². The molecule has 3 N–H and O–H groups in total. The van der Waals surface area contributed by atoms with Gasteiger partial charge in [0.2, 0.25) is 0 Å². The number of carbonyl (C=O) groups is 1. The number of rotatable bonds is 7. The first-order valence-corrected chi connectivity index (χ1v) is 6.48. The summed E-state index contributed by atoms with van der Waals surface area (Å²) in [6, 6.07) is 5.14.